The van der Waals surface area contributed by atoms with Crippen molar-refractivity contribution in [3.05, 3.63) is 82.5 Å². The van der Waals surface area contributed by atoms with Gasteiger partial charge >= 0.3 is 12.2 Å². The van der Waals surface area contributed by atoms with Gasteiger partial charge in [0.05, 0.1) is 5.56 Å². The SMILES string of the molecule is CNCCNCc1ccc(NC(=O)Nc2ccc(C)c(C#Cc3ccn4nc(N(C)C)nc4c3)c2)cc1C(F)(F)F. The number of nitrogens with one attached hydrogen (secondary N) is 4. The maximum absolute atomic E-state index is 13.7. The number of fused-ring (bicyclic) bond motifs is 1. The first kappa shape index (κ1) is 29.4. The van der Waals surface area contributed by atoms with E-state index >= 15 is 0 Å². The molecule has 2 heterocycles. The molecule has 4 N–H and O–H groups in total. The van der Waals surface area contributed by atoms with Crippen molar-refractivity contribution in [3.8, 4) is 11.8 Å². The summed E-state index contributed by atoms with van der Waals surface area (Å²) in [5, 5.41) is 15.4. The molecular formula is C29H31F3N8O. The van der Waals surface area contributed by atoms with Crippen molar-refractivity contribution < 1.29 is 18.0 Å². The predicted octanol–water partition coefficient (Wildman–Crippen LogP) is 4.48. The summed E-state index contributed by atoms with van der Waals surface area (Å²) < 4.78 is 42.7. The number of nitrogens with zero attached hydrogens (tertiary/aromatic N) is 4. The number of urea groups is 1. The van der Waals surface area contributed by atoms with Crippen molar-refractivity contribution >= 4 is 29.0 Å². The smallest absolute Gasteiger partial charge is 0.346 e. The van der Waals surface area contributed by atoms with Crippen LogP contribution in [-0.2, 0) is 12.7 Å². The van der Waals surface area contributed by atoms with Gasteiger partial charge in [0.2, 0.25) is 5.95 Å². The van der Waals surface area contributed by atoms with Crippen LogP contribution in [0.5, 0.6) is 0 Å². The van der Waals surface area contributed by atoms with Crippen LogP contribution in [0, 0.1) is 18.8 Å². The second-order valence-electron chi connectivity index (χ2n) is 9.53. The second-order valence-corrected chi connectivity index (χ2v) is 9.53. The Labute approximate surface area is 236 Å². The number of halogens is 3. The first-order chi connectivity index (χ1) is 19.5. The molecule has 2 aromatic heterocycles. The van der Waals surface area contributed by atoms with E-state index in [0.717, 1.165) is 17.2 Å². The number of amides is 2. The lowest BCUT2D eigenvalue weighted by Crippen LogP contribution is -2.26. The predicted molar refractivity (Wildman–Crippen MR) is 154 cm³/mol. The molecule has 0 radical (unpaired) electrons. The summed E-state index contributed by atoms with van der Waals surface area (Å²) >= 11 is 0. The normalized spacial score (nSPS) is 11.2. The van der Waals surface area contributed by atoms with Crippen LogP contribution in [0.1, 0.15) is 27.8 Å². The third-order valence-electron chi connectivity index (χ3n) is 6.10. The van der Waals surface area contributed by atoms with Gasteiger partial charge < -0.3 is 26.2 Å². The highest BCUT2D eigenvalue weighted by Crippen LogP contribution is 2.34. The number of hydrogen-bond donors (Lipinski definition) is 4. The standard InChI is InChI=1S/C29H31F3N8O/c1-19-5-9-23(16-21(19)7-6-20-11-14-40-26(15-20)37-27(38-40)39(3)4)35-28(41)36-24-10-8-22(18-34-13-12-33-2)25(17-24)29(30,31)32/h5,8-11,14-17,33-34H,12-13,18H2,1-4H3,(H2,35,36,41). The van der Waals surface area contributed by atoms with Gasteiger partial charge in [0.15, 0.2) is 5.65 Å². The van der Waals surface area contributed by atoms with Gasteiger partial charge in [-0.05, 0) is 61.5 Å². The molecule has 0 saturated carbocycles. The number of anilines is 3. The van der Waals surface area contributed by atoms with E-state index in [1.165, 1.54) is 12.1 Å². The Morgan fingerprint density at radius 3 is 2.44 bits per heavy atom. The van der Waals surface area contributed by atoms with E-state index in [1.54, 1.807) is 29.9 Å². The van der Waals surface area contributed by atoms with Gasteiger partial charge in [-0.15, -0.1) is 5.10 Å². The summed E-state index contributed by atoms with van der Waals surface area (Å²) in [4.78, 5) is 18.9. The van der Waals surface area contributed by atoms with E-state index in [0.29, 0.717) is 35.9 Å². The van der Waals surface area contributed by atoms with Crippen molar-refractivity contribution in [1.29, 1.82) is 0 Å². The van der Waals surface area contributed by atoms with Crippen LogP contribution >= 0.6 is 0 Å². The second kappa shape index (κ2) is 12.7. The van der Waals surface area contributed by atoms with Crippen molar-refractivity contribution in [2.45, 2.75) is 19.6 Å². The van der Waals surface area contributed by atoms with E-state index in [2.05, 4.69) is 43.2 Å². The molecule has 12 heteroatoms. The van der Waals surface area contributed by atoms with Crippen LogP contribution in [0.2, 0.25) is 0 Å². The molecule has 0 spiro atoms. The lowest BCUT2D eigenvalue weighted by Gasteiger charge is -2.16. The zero-order valence-electron chi connectivity index (χ0n) is 23.1. The molecule has 0 bridgehead atoms. The number of rotatable bonds is 8. The quantitative estimate of drug-likeness (QED) is 0.186. The molecule has 0 saturated heterocycles. The molecule has 0 aliphatic heterocycles. The van der Waals surface area contributed by atoms with Crippen molar-refractivity contribution in [2.75, 3.05) is 49.8 Å². The monoisotopic (exact) mass is 564 g/mol. The fraction of sp³-hybridized carbons (Fsp3) is 0.276. The van der Waals surface area contributed by atoms with Gasteiger partial charge in [-0.2, -0.15) is 18.2 Å². The largest absolute Gasteiger partial charge is 0.416 e. The lowest BCUT2D eigenvalue weighted by molar-refractivity contribution is -0.138. The van der Waals surface area contributed by atoms with Crippen LogP contribution in [-0.4, -0.2) is 54.9 Å². The zero-order valence-corrected chi connectivity index (χ0v) is 23.1. The number of pyridine rings is 1. The molecule has 41 heavy (non-hydrogen) atoms. The Bertz CT molecular complexity index is 1600. The molecule has 0 unspecified atom stereocenters. The van der Waals surface area contributed by atoms with E-state index in [1.807, 2.05) is 44.1 Å². The van der Waals surface area contributed by atoms with E-state index in [9.17, 15) is 18.0 Å². The number of carbonyl (C=O) groups is 1. The number of likely N-dealkylation sites (N-methyl/N-ethyl adjacent to an activating group) is 1. The Morgan fingerprint density at radius 2 is 1.73 bits per heavy atom. The number of hydrogen-bond acceptors (Lipinski definition) is 6. The summed E-state index contributed by atoms with van der Waals surface area (Å²) in [6.07, 6.45) is -2.78. The molecule has 0 aliphatic rings. The summed E-state index contributed by atoms with van der Waals surface area (Å²) in [7, 11) is 5.49. The maximum atomic E-state index is 13.7. The van der Waals surface area contributed by atoms with Crippen LogP contribution in [0.25, 0.3) is 5.65 Å². The molecule has 0 fully saturated rings. The average Bonchev–Trinajstić information content (AvgIpc) is 3.35. The zero-order chi connectivity index (χ0) is 29.6. The summed E-state index contributed by atoms with van der Waals surface area (Å²) in [6, 6.07) is 12.0. The number of alkyl halides is 3. The molecule has 2 aromatic carbocycles. The summed E-state index contributed by atoms with van der Waals surface area (Å²) in [5.74, 6) is 6.82. The minimum Gasteiger partial charge on any atom is -0.346 e. The van der Waals surface area contributed by atoms with Gasteiger partial charge in [0.1, 0.15) is 0 Å². The Hall–Kier alpha value is -4.60. The van der Waals surface area contributed by atoms with Crippen molar-refractivity contribution in [2.24, 2.45) is 0 Å². The van der Waals surface area contributed by atoms with Crippen molar-refractivity contribution in [3.63, 3.8) is 0 Å². The molecule has 214 valence electrons. The van der Waals surface area contributed by atoms with Gasteiger partial charge in [0.25, 0.3) is 0 Å². The van der Waals surface area contributed by atoms with Gasteiger partial charge in [-0.25, -0.2) is 9.31 Å². The molecule has 2 amide bonds. The molecule has 0 aliphatic carbocycles. The summed E-state index contributed by atoms with van der Waals surface area (Å²) in [5.41, 5.74) is 2.76. The Balaban J connectivity index is 1.46. The van der Waals surface area contributed by atoms with Crippen molar-refractivity contribution in [1.82, 2.24) is 25.2 Å². The number of carbonyl (C=O) groups excluding carboxylic acids is 1. The van der Waals surface area contributed by atoms with Crippen LogP contribution < -0.4 is 26.2 Å². The highest BCUT2D eigenvalue weighted by molar-refractivity contribution is 6.00. The van der Waals surface area contributed by atoms with Crippen LogP contribution in [0.15, 0.2) is 54.7 Å². The Kier molecular flexibility index (Phi) is 9.11. The molecular weight excluding hydrogens is 533 g/mol. The third-order valence-corrected chi connectivity index (χ3v) is 6.10. The maximum Gasteiger partial charge on any atom is 0.416 e. The van der Waals surface area contributed by atoms with Gasteiger partial charge in [-0.1, -0.05) is 24.0 Å². The van der Waals surface area contributed by atoms with Crippen LogP contribution in [0.3, 0.4) is 0 Å². The van der Waals surface area contributed by atoms with E-state index in [-0.39, 0.29) is 17.8 Å². The highest BCUT2D eigenvalue weighted by atomic mass is 19.4. The van der Waals surface area contributed by atoms with Gasteiger partial charge in [-0.3, -0.25) is 0 Å². The van der Waals surface area contributed by atoms with Crippen LogP contribution in [0.4, 0.5) is 35.3 Å². The van der Waals surface area contributed by atoms with E-state index in [4.69, 9.17) is 0 Å². The number of benzene rings is 2. The number of aromatic nitrogens is 3. The fourth-order valence-corrected chi connectivity index (χ4v) is 3.91. The molecule has 0 atom stereocenters. The molecule has 9 nitrogen and oxygen atoms in total. The average molecular weight is 565 g/mol. The topological polar surface area (TPSA) is 98.6 Å². The molecule has 4 aromatic rings. The Morgan fingerprint density at radius 1 is 1.00 bits per heavy atom. The third kappa shape index (κ3) is 7.75. The van der Waals surface area contributed by atoms with Gasteiger partial charge in [0, 0.05) is 62.4 Å². The lowest BCUT2D eigenvalue weighted by atomic mass is 10.1. The van der Waals surface area contributed by atoms with E-state index < -0.39 is 17.8 Å². The fourth-order valence-electron chi connectivity index (χ4n) is 3.91. The summed E-state index contributed by atoms with van der Waals surface area (Å²) in [6.45, 7) is 3.10. The minimum atomic E-state index is -4.56. The highest BCUT2D eigenvalue weighted by Gasteiger charge is 2.33. The first-order valence-electron chi connectivity index (χ1n) is 12.8. The first-order valence-corrected chi connectivity index (χ1v) is 12.8. The molecule has 4 rings (SSSR count). The number of aryl methyl sites for hydroxylation is 1. The minimum absolute atomic E-state index is 0.0298.